The number of amidine groups is 1. The summed E-state index contributed by atoms with van der Waals surface area (Å²) >= 11 is 0. The van der Waals surface area contributed by atoms with Crippen LogP contribution in [-0.4, -0.2) is 143 Å². The first-order chi connectivity index (χ1) is 43.3. The fraction of sp³-hybridized carbons (Fsp3) is 0.415. The molecule has 4 heterocycles. The molecule has 0 spiro atoms. The summed E-state index contributed by atoms with van der Waals surface area (Å²) in [7, 11) is 0. The maximum absolute atomic E-state index is 13.6. The van der Waals surface area contributed by atoms with Gasteiger partial charge in [0.1, 0.15) is 30.3 Å². The molecule has 90 heavy (non-hydrogen) atoms. The number of rotatable bonds is 31. The number of aromatic nitrogens is 1. The highest BCUT2D eigenvalue weighted by molar-refractivity contribution is 6.13. The average molecular weight is 1240 g/mol. The number of imide groups is 1. The minimum atomic E-state index is -1.07. The Labute approximate surface area is 523 Å². The molecule has 3 aliphatic heterocycles. The minimum Gasteiger partial charge on any atom is -0.445 e. The van der Waals surface area contributed by atoms with Crippen molar-refractivity contribution in [2.24, 2.45) is 22.4 Å². The van der Waals surface area contributed by atoms with Crippen molar-refractivity contribution in [3.8, 4) is 0 Å². The third kappa shape index (κ3) is 20.4. The second-order valence-corrected chi connectivity index (χ2v) is 22.7. The van der Waals surface area contributed by atoms with Gasteiger partial charge in [0.2, 0.25) is 23.6 Å². The van der Waals surface area contributed by atoms with E-state index < -0.39 is 36.0 Å². The Hall–Kier alpha value is -9.78. The molecule has 0 saturated heterocycles. The molecule has 25 heteroatoms. The third-order valence-electron chi connectivity index (χ3n) is 15.2. The number of urea groups is 1. The lowest BCUT2D eigenvalue weighted by molar-refractivity contribution is -0.137. The van der Waals surface area contributed by atoms with Crippen molar-refractivity contribution in [1.82, 2.24) is 46.3 Å². The van der Waals surface area contributed by atoms with Crippen LogP contribution in [0.3, 0.4) is 0 Å². The molecule has 11 amide bonds. The summed E-state index contributed by atoms with van der Waals surface area (Å²) in [6.45, 7) is 11.5. The number of amides is 11. The average Bonchev–Trinajstić information content (AvgIpc) is 3.03. The number of nitrogens with one attached hydrogen (secondary N) is 7. The van der Waals surface area contributed by atoms with Gasteiger partial charge in [0.05, 0.1) is 5.69 Å². The lowest BCUT2D eigenvalue weighted by atomic mass is 10.0. The zero-order valence-corrected chi connectivity index (χ0v) is 51.5. The van der Waals surface area contributed by atoms with Crippen LogP contribution in [0.25, 0.3) is 6.08 Å². The molecular formula is C65H82N14O11. The first-order valence-electron chi connectivity index (χ1n) is 30.6. The normalized spacial score (nSPS) is 14.2. The van der Waals surface area contributed by atoms with Gasteiger partial charge in [0, 0.05) is 118 Å². The molecule has 3 aromatic carbocycles. The van der Waals surface area contributed by atoms with E-state index in [1.54, 1.807) is 74.6 Å². The van der Waals surface area contributed by atoms with E-state index in [4.69, 9.17) is 16.2 Å². The number of ether oxygens (including phenoxy) is 1. The SMILES string of the molecule is CCCN(CCC)C(=O)C1=Cc2ccc(C(=O)Nc3cc4c(cn3)CCN(Cc3ccc(C(=O)NCCNC(=O)OCc5ccc(NC(=O)[C@H](CCCNC(N)=O)NC(=O)[C@@H](NC(=O)CCCCCN6C(=O)C=CC6=O)C(C)C)cc5)cc3)C4)cc2N=C(N)C1. The Morgan fingerprint density at radius 1 is 0.733 bits per heavy atom. The maximum Gasteiger partial charge on any atom is 0.407 e. The number of hydrogen-bond donors (Lipinski definition) is 9. The summed E-state index contributed by atoms with van der Waals surface area (Å²) in [6, 6.07) is 18.1. The smallest absolute Gasteiger partial charge is 0.407 e. The summed E-state index contributed by atoms with van der Waals surface area (Å²) in [4.78, 5) is 142. The van der Waals surface area contributed by atoms with Crippen LogP contribution in [0.15, 0.2) is 102 Å². The Bertz CT molecular complexity index is 3340. The van der Waals surface area contributed by atoms with E-state index in [9.17, 15) is 47.9 Å². The molecule has 0 radical (unpaired) electrons. The summed E-state index contributed by atoms with van der Waals surface area (Å²) in [5, 5.41) is 19.1. The molecule has 25 nitrogen and oxygen atoms in total. The monoisotopic (exact) mass is 1230 g/mol. The molecule has 4 aromatic rings. The lowest BCUT2D eigenvalue weighted by Crippen LogP contribution is -2.54. The van der Waals surface area contributed by atoms with E-state index in [1.807, 2.05) is 43.0 Å². The quantitative estimate of drug-likeness (QED) is 0.0223. The maximum atomic E-state index is 13.6. The molecule has 11 N–H and O–H groups in total. The number of aliphatic imine (C=N–C) groups is 1. The Balaban J connectivity index is 0.805. The number of nitrogens with two attached hydrogens (primary N) is 2. The van der Waals surface area contributed by atoms with Crippen molar-refractivity contribution in [2.45, 2.75) is 124 Å². The summed E-state index contributed by atoms with van der Waals surface area (Å²) in [6.07, 6.45) is 10.1. The molecule has 0 fully saturated rings. The zero-order chi connectivity index (χ0) is 64.7. The van der Waals surface area contributed by atoms with Gasteiger partial charge in [-0.25, -0.2) is 19.6 Å². The number of carbonyl (C=O) groups excluding carboxylic acids is 10. The number of carbonyl (C=O) groups is 10. The van der Waals surface area contributed by atoms with Gasteiger partial charge in [0.15, 0.2) is 0 Å². The second-order valence-electron chi connectivity index (χ2n) is 22.7. The zero-order valence-electron chi connectivity index (χ0n) is 51.5. The number of fused-ring (bicyclic) bond motifs is 2. The van der Waals surface area contributed by atoms with Crippen molar-refractivity contribution in [1.29, 1.82) is 0 Å². The van der Waals surface area contributed by atoms with Crippen LogP contribution < -0.4 is 48.7 Å². The molecule has 478 valence electrons. The third-order valence-corrected chi connectivity index (χ3v) is 15.2. The van der Waals surface area contributed by atoms with Crippen molar-refractivity contribution in [2.75, 3.05) is 56.4 Å². The number of pyridine rings is 1. The number of anilines is 2. The van der Waals surface area contributed by atoms with Crippen LogP contribution >= 0.6 is 0 Å². The van der Waals surface area contributed by atoms with E-state index in [1.165, 1.54) is 12.2 Å². The molecular weight excluding hydrogens is 1150 g/mol. The van der Waals surface area contributed by atoms with Gasteiger partial charge >= 0.3 is 12.1 Å². The predicted octanol–water partition coefficient (Wildman–Crippen LogP) is 5.47. The fourth-order valence-corrected chi connectivity index (χ4v) is 10.4. The first-order valence-corrected chi connectivity index (χ1v) is 30.6. The number of nitrogens with zero attached hydrogens (tertiary/aromatic N) is 5. The number of unbranched alkanes of at least 4 members (excludes halogenated alkanes) is 2. The van der Waals surface area contributed by atoms with E-state index in [0.717, 1.165) is 47.4 Å². The van der Waals surface area contributed by atoms with Gasteiger partial charge in [-0.1, -0.05) is 64.4 Å². The van der Waals surface area contributed by atoms with Crippen molar-refractivity contribution in [3.63, 3.8) is 0 Å². The molecule has 0 unspecified atom stereocenters. The largest absolute Gasteiger partial charge is 0.445 e. The number of alkyl carbamates (subject to hydrolysis) is 1. The van der Waals surface area contributed by atoms with Crippen molar-refractivity contribution < 1.29 is 52.7 Å². The van der Waals surface area contributed by atoms with Crippen LogP contribution in [0.2, 0.25) is 0 Å². The van der Waals surface area contributed by atoms with Crippen LogP contribution in [0.4, 0.5) is 26.8 Å². The predicted molar refractivity (Wildman–Crippen MR) is 339 cm³/mol. The lowest BCUT2D eigenvalue weighted by Gasteiger charge is -2.29. The first kappa shape index (κ1) is 67.7. The number of primary amides is 1. The summed E-state index contributed by atoms with van der Waals surface area (Å²) < 4.78 is 5.37. The Morgan fingerprint density at radius 3 is 2.13 bits per heavy atom. The van der Waals surface area contributed by atoms with Gasteiger partial charge < -0.3 is 58.3 Å². The van der Waals surface area contributed by atoms with Crippen LogP contribution in [0.5, 0.6) is 0 Å². The number of hydrogen-bond acceptors (Lipinski definition) is 15. The highest BCUT2D eigenvalue weighted by Gasteiger charge is 2.30. The van der Waals surface area contributed by atoms with Gasteiger partial charge in [-0.3, -0.25) is 48.2 Å². The standard InChI is InChI=1S/C65H82N14O11/c1-5-29-78(30-6-2)63(87)48-33-45-19-20-46(34-52(45)73-53(66)35-48)60(84)75-54-36-49-39-77(32-25-47(49)37-71-54)38-42-13-17-44(18-14-42)59(83)68-27-28-70-65(89)90-40-43-15-21-50(22-16-43)72-61(85)51(11-10-26-69-64(67)88)74-62(86)58(41(3)4)76-55(80)12-8-7-9-31-79-56(81)23-24-57(79)82/h13-24,33-34,36-37,41,51,58H,5-12,25-32,35,38-40H2,1-4H3,(H2,66,73)(H,68,83)(H,70,89)(H,72,85)(H,74,86)(H,76,80)(H3,67,69,88)(H,71,75,84)/t51-,58-/m0/s1. The highest BCUT2D eigenvalue weighted by atomic mass is 16.5. The molecule has 3 aliphatic rings. The molecule has 1 aromatic heterocycles. The minimum absolute atomic E-state index is 0.0609. The van der Waals surface area contributed by atoms with Crippen molar-refractivity contribution in [3.05, 3.63) is 136 Å². The van der Waals surface area contributed by atoms with Gasteiger partial charge in [-0.15, -0.1) is 0 Å². The molecule has 0 bridgehead atoms. The second kappa shape index (κ2) is 33.5. The van der Waals surface area contributed by atoms with E-state index >= 15 is 0 Å². The van der Waals surface area contributed by atoms with Gasteiger partial charge in [-0.2, -0.15) is 0 Å². The molecule has 2 atom stereocenters. The van der Waals surface area contributed by atoms with Gasteiger partial charge in [0.25, 0.3) is 23.6 Å². The van der Waals surface area contributed by atoms with Crippen molar-refractivity contribution >= 4 is 88.5 Å². The molecule has 0 aliphatic carbocycles. The van der Waals surface area contributed by atoms with Crippen LogP contribution in [0.1, 0.15) is 134 Å². The van der Waals surface area contributed by atoms with Crippen LogP contribution in [-0.2, 0) is 59.6 Å². The number of benzene rings is 3. The molecule has 0 saturated carbocycles. The van der Waals surface area contributed by atoms with E-state index in [0.29, 0.717) is 96.3 Å². The summed E-state index contributed by atoms with van der Waals surface area (Å²) in [5.74, 6) is -2.60. The highest BCUT2D eigenvalue weighted by Crippen LogP contribution is 2.30. The Kier molecular flexibility index (Phi) is 25.2. The van der Waals surface area contributed by atoms with Gasteiger partial charge in [-0.05, 0) is 122 Å². The Morgan fingerprint density at radius 2 is 1.43 bits per heavy atom. The summed E-state index contributed by atoms with van der Waals surface area (Å²) in [5.41, 5.74) is 18.2. The van der Waals surface area contributed by atoms with Crippen LogP contribution in [0, 0.1) is 5.92 Å². The fourth-order valence-electron chi connectivity index (χ4n) is 10.4. The van der Waals surface area contributed by atoms with E-state index in [-0.39, 0.29) is 99.8 Å². The van der Waals surface area contributed by atoms with E-state index in [2.05, 4.69) is 52.1 Å². The topological polar surface area (TPSA) is 351 Å². The molecule has 7 rings (SSSR count).